The van der Waals surface area contributed by atoms with Gasteiger partial charge in [0.25, 0.3) is 5.56 Å². The van der Waals surface area contributed by atoms with Gasteiger partial charge in [0.2, 0.25) is 0 Å². The number of H-pyrrole nitrogens is 2. The summed E-state index contributed by atoms with van der Waals surface area (Å²) < 4.78 is 5.32. The standard InChI is InChI=1S/C12H13N3O3/c1-2-18-9-5-3-8(4-6-9)7-10-11(16)13-12(17)15-14-10/h3-6H,2,7H2,1H3,(H2,13,15,16,17). The van der Waals surface area contributed by atoms with Crippen LogP contribution in [0.1, 0.15) is 18.2 Å². The molecule has 18 heavy (non-hydrogen) atoms. The minimum Gasteiger partial charge on any atom is -0.494 e. The fraction of sp³-hybridized carbons (Fsp3) is 0.250. The molecule has 2 aromatic rings. The Morgan fingerprint density at radius 1 is 1.22 bits per heavy atom. The number of aromatic nitrogens is 3. The van der Waals surface area contributed by atoms with Gasteiger partial charge in [0.15, 0.2) is 0 Å². The Kier molecular flexibility index (Phi) is 3.57. The van der Waals surface area contributed by atoms with E-state index >= 15 is 0 Å². The van der Waals surface area contributed by atoms with Gasteiger partial charge in [-0.2, -0.15) is 5.10 Å². The molecule has 0 aliphatic carbocycles. The van der Waals surface area contributed by atoms with Crippen molar-refractivity contribution in [1.82, 2.24) is 15.2 Å². The van der Waals surface area contributed by atoms with Crippen molar-refractivity contribution in [2.45, 2.75) is 13.3 Å². The summed E-state index contributed by atoms with van der Waals surface area (Å²) >= 11 is 0. The topological polar surface area (TPSA) is 87.8 Å². The van der Waals surface area contributed by atoms with Crippen LogP contribution in [0.15, 0.2) is 33.9 Å². The van der Waals surface area contributed by atoms with Crippen LogP contribution in [0.4, 0.5) is 0 Å². The van der Waals surface area contributed by atoms with Crippen LogP contribution in [0, 0.1) is 0 Å². The second kappa shape index (κ2) is 5.31. The average Bonchev–Trinajstić information content (AvgIpc) is 2.35. The third-order valence-electron chi connectivity index (χ3n) is 2.39. The summed E-state index contributed by atoms with van der Waals surface area (Å²) in [5.41, 5.74) is 0.130. The summed E-state index contributed by atoms with van der Waals surface area (Å²) in [6.07, 6.45) is 0.360. The molecule has 0 aliphatic heterocycles. The van der Waals surface area contributed by atoms with Crippen LogP contribution >= 0.6 is 0 Å². The average molecular weight is 247 g/mol. The first kappa shape index (κ1) is 12.1. The van der Waals surface area contributed by atoms with Gasteiger partial charge in [-0.05, 0) is 24.6 Å². The predicted octanol–water partition coefficient (Wildman–Crippen LogP) is 0.448. The van der Waals surface area contributed by atoms with E-state index in [1.807, 2.05) is 31.2 Å². The van der Waals surface area contributed by atoms with Crippen LogP contribution in [0.3, 0.4) is 0 Å². The van der Waals surface area contributed by atoms with E-state index in [2.05, 4.69) is 15.2 Å². The molecule has 2 rings (SSSR count). The number of aromatic amines is 2. The van der Waals surface area contributed by atoms with Crippen LogP contribution in [0.5, 0.6) is 5.75 Å². The van der Waals surface area contributed by atoms with E-state index in [0.717, 1.165) is 11.3 Å². The number of hydrogen-bond donors (Lipinski definition) is 2. The zero-order valence-corrected chi connectivity index (χ0v) is 9.90. The molecule has 0 bridgehead atoms. The molecule has 1 aromatic carbocycles. The van der Waals surface area contributed by atoms with Crippen LogP contribution in [-0.2, 0) is 6.42 Å². The predicted molar refractivity (Wildman–Crippen MR) is 65.9 cm³/mol. The highest BCUT2D eigenvalue weighted by Crippen LogP contribution is 2.13. The van der Waals surface area contributed by atoms with Gasteiger partial charge in [-0.15, -0.1) is 0 Å². The maximum absolute atomic E-state index is 11.5. The minimum atomic E-state index is -0.601. The molecule has 0 radical (unpaired) electrons. The summed E-state index contributed by atoms with van der Waals surface area (Å²) in [5.74, 6) is 0.782. The first-order valence-electron chi connectivity index (χ1n) is 5.58. The molecular weight excluding hydrogens is 234 g/mol. The van der Waals surface area contributed by atoms with Crippen molar-refractivity contribution in [2.24, 2.45) is 0 Å². The smallest absolute Gasteiger partial charge is 0.342 e. The normalized spacial score (nSPS) is 10.3. The number of nitrogens with one attached hydrogen (secondary N) is 2. The van der Waals surface area contributed by atoms with Crippen LogP contribution in [-0.4, -0.2) is 21.8 Å². The molecule has 94 valence electrons. The van der Waals surface area contributed by atoms with Crippen LogP contribution in [0.25, 0.3) is 0 Å². The summed E-state index contributed by atoms with van der Waals surface area (Å²) in [5, 5.41) is 5.93. The van der Waals surface area contributed by atoms with Crippen LogP contribution in [0.2, 0.25) is 0 Å². The molecule has 0 spiro atoms. The lowest BCUT2D eigenvalue weighted by molar-refractivity contribution is 0.340. The summed E-state index contributed by atoms with van der Waals surface area (Å²) in [7, 11) is 0. The van der Waals surface area contributed by atoms with Crippen molar-refractivity contribution in [1.29, 1.82) is 0 Å². The van der Waals surface area contributed by atoms with Crippen molar-refractivity contribution < 1.29 is 4.74 Å². The van der Waals surface area contributed by atoms with Gasteiger partial charge in [-0.3, -0.25) is 9.78 Å². The molecule has 1 aromatic heterocycles. The monoisotopic (exact) mass is 247 g/mol. The zero-order chi connectivity index (χ0) is 13.0. The highest BCUT2D eigenvalue weighted by Gasteiger charge is 2.04. The molecule has 6 heteroatoms. The van der Waals surface area contributed by atoms with Gasteiger partial charge in [0.05, 0.1) is 6.61 Å². The third kappa shape index (κ3) is 2.85. The number of ether oxygens (including phenoxy) is 1. The van der Waals surface area contributed by atoms with Gasteiger partial charge in [-0.25, -0.2) is 9.89 Å². The first-order chi connectivity index (χ1) is 8.69. The molecule has 6 nitrogen and oxygen atoms in total. The third-order valence-corrected chi connectivity index (χ3v) is 2.39. The van der Waals surface area contributed by atoms with Crippen molar-refractivity contribution in [3.63, 3.8) is 0 Å². The molecule has 0 atom stereocenters. The van der Waals surface area contributed by atoms with Gasteiger partial charge < -0.3 is 4.74 Å². The van der Waals surface area contributed by atoms with Crippen molar-refractivity contribution >= 4 is 0 Å². The Bertz CT molecular complexity index is 628. The van der Waals surface area contributed by atoms with E-state index in [4.69, 9.17) is 4.74 Å². The highest BCUT2D eigenvalue weighted by molar-refractivity contribution is 5.29. The van der Waals surface area contributed by atoms with E-state index in [0.29, 0.717) is 13.0 Å². The molecule has 0 fully saturated rings. The lowest BCUT2D eigenvalue weighted by atomic mass is 10.1. The molecule has 1 heterocycles. The lowest BCUT2D eigenvalue weighted by Gasteiger charge is -2.04. The van der Waals surface area contributed by atoms with E-state index < -0.39 is 11.2 Å². The van der Waals surface area contributed by atoms with Crippen LogP contribution < -0.4 is 16.0 Å². The van der Waals surface area contributed by atoms with Crippen molar-refractivity contribution in [2.75, 3.05) is 6.61 Å². The van der Waals surface area contributed by atoms with E-state index in [1.54, 1.807) is 0 Å². The summed E-state index contributed by atoms with van der Waals surface area (Å²) in [6, 6.07) is 7.38. The second-order valence-electron chi connectivity index (χ2n) is 3.71. The van der Waals surface area contributed by atoms with E-state index in [-0.39, 0.29) is 5.69 Å². The van der Waals surface area contributed by atoms with Gasteiger partial charge in [-0.1, -0.05) is 12.1 Å². The fourth-order valence-electron chi connectivity index (χ4n) is 1.56. The SMILES string of the molecule is CCOc1ccc(Cc2n[nH]c(=O)[nH]c2=O)cc1. The van der Waals surface area contributed by atoms with Gasteiger partial charge >= 0.3 is 5.69 Å². The largest absolute Gasteiger partial charge is 0.494 e. The quantitative estimate of drug-likeness (QED) is 0.821. The molecule has 2 N–H and O–H groups in total. The van der Waals surface area contributed by atoms with Gasteiger partial charge in [0.1, 0.15) is 11.4 Å². The fourth-order valence-corrected chi connectivity index (χ4v) is 1.56. The van der Waals surface area contributed by atoms with Gasteiger partial charge in [0, 0.05) is 6.42 Å². The van der Waals surface area contributed by atoms with Crippen molar-refractivity contribution in [3.05, 3.63) is 56.4 Å². The molecule has 0 saturated carbocycles. The number of nitrogens with zero attached hydrogens (tertiary/aromatic N) is 1. The molecule has 0 unspecified atom stereocenters. The van der Waals surface area contributed by atoms with Crippen molar-refractivity contribution in [3.8, 4) is 5.75 Å². The number of benzene rings is 1. The number of hydrogen-bond acceptors (Lipinski definition) is 4. The second-order valence-corrected chi connectivity index (χ2v) is 3.71. The number of rotatable bonds is 4. The molecule has 0 aliphatic rings. The summed E-state index contributed by atoms with van der Waals surface area (Å²) in [4.78, 5) is 24.4. The zero-order valence-electron chi connectivity index (χ0n) is 9.90. The summed E-state index contributed by atoms with van der Waals surface area (Å²) in [6.45, 7) is 2.53. The Morgan fingerprint density at radius 3 is 2.56 bits per heavy atom. The molecule has 0 amide bonds. The molecule has 0 saturated heterocycles. The minimum absolute atomic E-state index is 0.277. The Balaban J connectivity index is 2.18. The Hall–Kier alpha value is -2.37. The highest BCUT2D eigenvalue weighted by atomic mass is 16.5. The maximum atomic E-state index is 11.5. The lowest BCUT2D eigenvalue weighted by Crippen LogP contribution is -2.27. The molecular formula is C12H13N3O3. The van der Waals surface area contributed by atoms with E-state index in [1.165, 1.54) is 0 Å². The maximum Gasteiger partial charge on any atom is 0.342 e. The first-order valence-corrected chi connectivity index (χ1v) is 5.58. The Labute approximate surface area is 103 Å². The van der Waals surface area contributed by atoms with E-state index in [9.17, 15) is 9.59 Å². The Morgan fingerprint density at radius 2 is 1.94 bits per heavy atom.